The van der Waals surface area contributed by atoms with Crippen LogP contribution in [0.15, 0.2) is 23.2 Å². The molecular formula is C20H31F2N5O. The van der Waals surface area contributed by atoms with Crippen molar-refractivity contribution in [2.24, 2.45) is 4.99 Å². The molecule has 0 amide bonds. The normalized spacial score (nSPS) is 25.0. The van der Waals surface area contributed by atoms with E-state index in [2.05, 4.69) is 34.4 Å². The van der Waals surface area contributed by atoms with Gasteiger partial charge in [0.2, 0.25) is 0 Å². The zero-order valence-electron chi connectivity index (χ0n) is 16.9. The largest absolute Gasteiger partial charge is 0.379 e. The Labute approximate surface area is 165 Å². The number of guanidine groups is 1. The number of aliphatic imine (C=N–C) groups is 1. The maximum atomic E-state index is 14.0. The second kappa shape index (κ2) is 9.52. The van der Waals surface area contributed by atoms with Crippen molar-refractivity contribution in [1.82, 2.24) is 15.5 Å². The van der Waals surface area contributed by atoms with Crippen LogP contribution in [0.3, 0.4) is 0 Å². The summed E-state index contributed by atoms with van der Waals surface area (Å²) in [6.07, 6.45) is 0.796. The monoisotopic (exact) mass is 395 g/mol. The molecule has 2 saturated heterocycles. The Morgan fingerprint density at radius 3 is 2.75 bits per heavy atom. The van der Waals surface area contributed by atoms with Crippen molar-refractivity contribution >= 4 is 11.6 Å². The lowest BCUT2D eigenvalue weighted by atomic mass is 10.2. The van der Waals surface area contributed by atoms with Crippen LogP contribution < -0.4 is 15.5 Å². The van der Waals surface area contributed by atoms with Gasteiger partial charge in [-0.25, -0.2) is 8.78 Å². The fourth-order valence-electron chi connectivity index (χ4n) is 4.02. The predicted octanol–water partition coefficient (Wildman–Crippen LogP) is 1.82. The Morgan fingerprint density at radius 1 is 1.32 bits per heavy atom. The SMILES string of the molecule is CN=C(NCC(C)N1CCOCC1C)NC1CCN(c2c(F)cccc2F)C1. The van der Waals surface area contributed by atoms with Crippen molar-refractivity contribution in [3.05, 3.63) is 29.8 Å². The van der Waals surface area contributed by atoms with Gasteiger partial charge in [0.25, 0.3) is 0 Å². The number of rotatable bonds is 5. The molecule has 3 atom stereocenters. The third kappa shape index (κ3) is 4.91. The Balaban J connectivity index is 1.50. The van der Waals surface area contributed by atoms with E-state index in [0.29, 0.717) is 31.1 Å². The molecule has 0 spiro atoms. The van der Waals surface area contributed by atoms with Crippen LogP contribution in [0.4, 0.5) is 14.5 Å². The number of morpholine rings is 1. The van der Waals surface area contributed by atoms with Gasteiger partial charge in [-0.2, -0.15) is 0 Å². The van der Waals surface area contributed by atoms with Crippen LogP contribution in [0.2, 0.25) is 0 Å². The van der Waals surface area contributed by atoms with Crippen molar-refractivity contribution in [3.8, 4) is 0 Å². The van der Waals surface area contributed by atoms with Gasteiger partial charge in [0.15, 0.2) is 5.96 Å². The topological polar surface area (TPSA) is 52.1 Å². The Kier molecular flexibility index (Phi) is 7.07. The number of ether oxygens (including phenoxy) is 1. The number of anilines is 1. The average molecular weight is 395 g/mol. The lowest BCUT2D eigenvalue weighted by Crippen LogP contribution is -2.53. The third-order valence-electron chi connectivity index (χ3n) is 5.56. The molecular weight excluding hydrogens is 364 g/mol. The van der Waals surface area contributed by atoms with E-state index in [-0.39, 0.29) is 11.7 Å². The predicted molar refractivity (Wildman–Crippen MR) is 108 cm³/mol. The summed E-state index contributed by atoms with van der Waals surface area (Å²) in [4.78, 5) is 8.50. The van der Waals surface area contributed by atoms with Gasteiger partial charge in [-0.1, -0.05) is 6.07 Å². The lowest BCUT2D eigenvalue weighted by molar-refractivity contribution is -0.0174. The molecule has 3 unspecified atom stereocenters. The second-order valence-corrected chi connectivity index (χ2v) is 7.61. The molecule has 0 aromatic heterocycles. The molecule has 2 N–H and O–H groups in total. The number of hydrogen-bond acceptors (Lipinski definition) is 4. The van der Waals surface area contributed by atoms with E-state index in [9.17, 15) is 8.78 Å². The molecule has 0 bridgehead atoms. The lowest BCUT2D eigenvalue weighted by Gasteiger charge is -2.38. The minimum absolute atomic E-state index is 0.0599. The highest BCUT2D eigenvalue weighted by Gasteiger charge is 2.28. The fourth-order valence-corrected chi connectivity index (χ4v) is 4.02. The molecule has 1 aromatic rings. The molecule has 3 rings (SSSR count). The molecule has 156 valence electrons. The smallest absolute Gasteiger partial charge is 0.191 e. The van der Waals surface area contributed by atoms with Gasteiger partial charge >= 0.3 is 0 Å². The quantitative estimate of drug-likeness (QED) is 0.588. The molecule has 6 nitrogen and oxygen atoms in total. The molecule has 2 fully saturated rings. The summed E-state index contributed by atoms with van der Waals surface area (Å²) >= 11 is 0. The first-order valence-electron chi connectivity index (χ1n) is 9.99. The zero-order chi connectivity index (χ0) is 20.1. The summed E-state index contributed by atoms with van der Waals surface area (Å²) in [5.41, 5.74) is 0.0599. The van der Waals surface area contributed by atoms with Crippen LogP contribution in [0, 0.1) is 11.6 Å². The standard InChI is InChI=1S/C20H31F2N5O/c1-14(27-9-10-28-13-15(27)2)11-24-20(23-3)25-16-7-8-26(12-16)19-17(21)5-4-6-18(19)22/h4-6,14-16H,7-13H2,1-3H3,(H2,23,24,25). The van der Waals surface area contributed by atoms with E-state index < -0.39 is 11.6 Å². The van der Waals surface area contributed by atoms with E-state index >= 15 is 0 Å². The van der Waals surface area contributed by atoms with E-state index in [1.54, 1.807) is 11.9 Å². The van der Waals surface area contributed by atoms with Crippen molar-refractivity contribution < 1.29 is 13.5 Å². The van der Waals surface area contributed by atoms with Crippen molar-refractivity contribution in [1.29, 1.82) is 0 Å². The molecule has 0 radical (unpaired) electrons. The second-order valence-electron chi connectivity index (χ2n) is 7.61. The summed E-state index contributed by atoms with van der Waals surface area (Å²) < 4.78 is 33.6. The minimum Gasteiger partial charge on any atom is -0.379 e. The molecule has 2 aliphatic heterocycles. The minimum atomic E-state index is -0.517. The van der Waals surface area contributed by atoms with E-state index in [4.69, 9.17) is 4.74 Å². The Morgan fingerprint density at radius 2 is 2.07 bits per heavy atom. The first-order chi connectivity index (χ1) is 13.5. The average Bonchev–Trinajstić information content (AvgIpc) is 3.13. The van der Waals surface area contributed by atoms with Gasteiger partial charge in [-0.3, -0.25) is 9.89 Å². The third-order valence-corrected chi connectivity index (χ3v) is 5.56. The van der Waals surface area contributed by atoms with Crippen LogP contribution >= 0.6 is 0 Å². The number of nitrogens with zero attached hydrogens (tertiary/aromatic N) is 3. The van der Waals surface area contributed by atoms with Gasteiger partial charge < -0.3 is 20.3 Å². The highest BCUT2D eigenvalue weighted by molar-refractivity contribution is 5.80. The van der Waals surface area contributed by atoms with Crippen molar-refractivity contribution in [2.75, 3.05) is 51.3 Å². The molecule has 8 heteroatoms. The maximum absolute atomic E-state index is 14.0. The maximum Gasteiger partial charge on any atom is 0.191 e. The van der Waals surface area contributed by atoms with Crippen molar-refractivity contribution in [2.45, 2.75) is 38.4 Å². The molecule has 2 heterocycles. The first kappa shape index (κ1) is 20.8. The van der Waals surface area contributed by atoms with Gasteiger partial charge in [-0.05, 0) is 32.4 Å². The summed E-state index contributed by atoms with van der Waals surface area (Å²) in [7, 11) is 1.74. The van der Waals surface area contributed by atoms with Crippen molar-refractivity contribution in [3.63, 3.8) is 0 Å². The fraction of sp³-hybridized carbons (Fsp3) is 0.650. The Bertz CT molecular complexity index is 666. The number of benzene rings is 1. The molecule has 0 aliphatic carbocycles. The summed E-state index contributed by atoms with van der Waals surface area (Å²) in [5, 5.41) is 6.76. The van der Waals surface area contributed by atoms with Crippen LogP contribution in [-0.4, -0.2) is 75.4 Å². The molecule has 0 saturated carbocycles. The summed E-state index contributed by atoms with van der Waals surface area (Å²) in [6, 6.07) is 4.83. The van der Waals surface area contributed by atoms with E-state index in [1.165, 1.54) is 18.2 Å². The molecule has 1 aromatic carbocycles. The van der Waals surface area contributed by atoms with Crippen LogP contribution in [0.25, 0.3) is 0 Å². The highest BCUT2D eigenvalue weighted by atomic mass is 19.1. The van der Waals surface area contributed by atoms with Crippen LogP contribution in [-0.2, 0) is 4.74 Å². The molecule has 2 aliphatic rings. The number of para-hydroxylation sites is 1. The van der Waals surface area contributed by atoms with Gasteiger partial charge in [0, 0.05) is 51.4 Å². The summed E-state index contributed by atoms with van der Waals surface area (Å²) in [5.74, 6) is -0.318. The number of hydrogen-bond donors (Lipinski definition) is 2. The van der Waals surface area contributed by atoms with Crippen LogP contribution in [0.5, 0.6) is 0 Å². The zero-order valence-corrected chi connectivity index (χ0v) is 16.9. The van der Waals surface area contributed by atoms with E-state index in [1.807, 2.05) is 0 Å². The highest BCUT2D eigenvalue weighted by Crippen LogP contribution is 2.26. The first-order valence-corrected chi connectivity index (χ1v) is 9.99. The van der Waals surface area contributed by atoms with Crippen LogP contribution in [0.1, 0.15) is 20.3 Å². The summed E-state index contributed by atoms with van der Waals surface area (Å²) in [6.45, 7) is 8.75. The van der Waals surface area contributed by atoms with E-state index in [0.717, 1.165) is 32.7 Å². The Hall–Kier alpha value is -1.93. The van der Waals surface area contributed by atoms with Gasteiger partial charge in [0.05, 0.1) is 13.2 Å². The molecule has 28 heavy (non-hydrogen) atoms. The number of halogens is 2. The van der Waals surface area contributed by atoms with Gasteiger partial charge in [-0.15, -0.1) is 0 Å². The van der Waals surface area contributed by atoms with Gasteiger partial charge in [0.1, 0.15) is 17.3 Å². The number of nitrogens with one attached hydrogen (secondary N) is 2.